The molecule has 3 aromatic carbocycles. The molecular formula is C27H34N4. The largest absolute Gasteiger partial charge is 0.314 e. The predicted molar refractivity (Wildman–Crippen MR) is 129 cm³/mol. The molecule has 0 bridgehead atoms. The van der Waals surface area contributed by atoms with Crippen molar-refractivity contribution < 1.29 is 0 Å². The maximum Gasteiger partial charge on any atom is 0.0973 e. The Labute approximate surface area is 186 Å². The number of piperazine rings is 2. The van der Waals surface area contributed by atoms with E-state index in [0.717, 1.165) is 52.4 Å². The summed E-state index contributed by atoms with van der Waals surface area (Å²) in [4.78, 5) is 2.63. The van der Waals surface area contributed by atoms with Gasteiger partial charge in [-0.05, 0) is 16.7 Å². The molecule has 2 aliphatic heterocycles. The van der Waals surface area contributed by atoms with Crippen molar-refractivity contribution in [2.75, 3.05) is 52.4 Å². The van der Waals surface area contributed by atoms with Gasteiger partial charge in [0, 0.05) is 52.4 Å². The highest BCUT2D eigenvalue weighted by Gasteiger charge is 2.42. The molecule has 5 rings (SSSR count). The predicted octanol–water partition coefficient (Wildman–Crippen LogP) is 3.06. The molecule has 0 spiro atoms. The molecule has 0 amide bonds. The van der Waals surface area contributed by atoms with E-state index in [0.29, 0.717) is 0 Å². The molecule has 4 nitrogen and oxygen atoms in total. The van der Waals surface area contributed by atoms with Gasteiger partial charge >= 0.3 is 0 Å². The lowest BCUT2D eigenvalue weighted by atomic mass is 9.75. The van der Waals surface area contributed by atoms with Crippen LogP contribution >= 0.6 is 0 Å². The third-order valence-electron chi connectivity index (χ3n) is 6.12. The molecule has 0 aromatic heterocycles. The van der Waals surface area contributed by atoms with Gasteiger partial charge in [-0.15, -0.1) is 0 Å². The van der Waals surface area contributed by atoms with Gasteiger partial charge in [0.05, 0.1) is 5.54 Å². The van der Waals surface area contributed by atoms with Crippen LogP contribution < -0.4 is 16.0 Å². The molecule has 3 aromatic rings. The Morgan fingerprint density at radius 3 is 1.10 bits per heavy atom. The van der Waals surface area contributed by atoms with Gasteiger partial charge in [-0.3, -0.25) is 4.90 Å². The minimum absolute atomic E-state index is 0.258. The van der Waals surface area contributed by atoms with Crippen LogP contribution in [-0.2, 0) is 5.54 Å². The highest BCUT2D eigenvalue weighted by Crippen LogP contribution is 2.42. The van der Waals surface area contributed by atoms with Gasteiger partial charge in [0.25, 0.3) is 0 Å². The van der Waals surface area contributed by atoms with Crippen molar-refractivity contribution >= 4 is 0 Å². The maximum atomic E-state index is 3.50. The van der Waals surface area contributed by atoms with Crippen LogP contribution in [0.1, 0.15) is 16.7 Å². The summed E-state index contributed by atoms with van der Waals surface area (Å²) in [7, 11) is 0. The molecule has 3 N–H and O–H groups in total. The number of benzene rings is 3. The van der Waals surface area contributed by atoms with Crippen molar-refractivity contribution in [2.45, 2.75) is 5.54 Å². The van der Waals surface area contributed by atoms with Crippen molar-refractivity contribution in [3.05, 3.63) is 108 Å². The zero-order valence-corrected chi connectivity index (χ0v) is 18.3. The molecule has 0 unspecified atom stereocenters. The molecule has 2 aliphatic rings. The van der Waals surface area contributed by atoms with Crippen LogP contribution in [0.4, 0.5) is 0 Å². The minimum atomic E-state index is -0.258. The summed E-state index contributed by atoms with van der Waals surface area (Å²) in [6, 6.07) is 32.8. The average molecular weight is 415 g/mol. The van der Waals surface area contributed by atoms with Gasteiger partial charge in [0.2, 0.25) is 0 Å². The third kappa shape index (κ3) is 5.05. The van der Waals surface area contributed by atoms with Gasteiger partial charge in [-0.1, -0.05) is 91.0 Å². The fraction of sp³-hybridized carbons (Fsp3) is 0.333. The van der Waals surface area contributed by atoms with Gasteiger partial charge < -0.3 is 16.0 Å². The molecule has 0 radical (unpaired) electrons. The Morgan fingerprint density at radius 1 is 0.452 bits per heavy atom. The fourth-order valence-electron chi connectivity index (χ4n) is 4.69. The van der Waals surface area contributed by atoms with Crippen molar-refractivity contribution in [3.8, 4) is 0 Å². The molecule has 2 saturated heterocycles. The smallest absolute Gasteiger partial charge is 0.0973 e. The zero-order valence-electron chi connectivity index (χ0n) is 18.3. The Morgan fingerprint density at radius 2 is 0.774 bits per heavy atom. The summed E-state index contributed by atoms with van der Waals surface area (Å²) < 4.78 is 0. The van der Waals surface area contributed by atoms with E-state index in [-0.39, 0.29) is 5.54 Å². The SMILES string of the molecule is C1CNCCN1.c1ccc(C(c2ccccc2)(c2ccccc2)N2CCNCC2)cc1. The van der Waals surface area contributed by atoms with Crippen LogP contribution in [0.5, 0.6) is 0 Å². The average Bonchev–Trinajstić information content (AvgIpc) is 2.89. The summed E-state index contributed by atoms with van der Waals surface area (Å²) in [5.41, 5.74) is 3.73. The maximum absolute atomic E-state index is 3.50. The summed E-state index contributed by atoms with van der Waals surface area (Å²) in [5.74, 6) is 0. The first-order valence-electron chi connectivity index (χ1n) is 11.5. The van der Waals surface area contributed by atoms with Gasteiger partial charge in [-0.2, -0.15) is 0 Å². The first kappa shape index (κ1) is 21.7. The first-order valence-corrected chi connectivity index (χ1v) is 11.5. The molecule has 0 saturated carbocycles. The van der Waals surface area contributed by atoms with E-state index in [1.165, 1.54) is 16.7 Å². The van der Waals surface area contributed by atoms with E-state index in [2.05, 4.69) is 112 Å². The normalized spacial score (nSPS) is 17.4. The summed E-state index contributed by atoms with van der Waals surface area (Å²) >= 11 is 0. The Bertz CT molecular complexity index is 765. The van der Waals surface area contributed by atoms with Crippen molar-refractivity contribution in [1.29, 1.82) is 0 Å². The fourth-order valence-corrected chi connectivity index (χ4v) is 4.69. The number of nitrogens with one attached hydrogen (secondary N) is 3. The molecule has 162 valence electrons. The lowest BCUT2D eigenvalue weighted by Gasteiger charge is -2.47. The zero-order chi connectivity index (χ0) is 21.2. The second-order valence-electron chi connectivity index (χ2n) is 8.05. The molecular weight excluding hydrogens is 380 g/mol. The van der Waals surface area contributed by atoms with Crippen LogP contribution in [0, 0.1) is 0 Å². The third-order valence-corrected chi connectivity index (χ3v) is 6.12. The molecule has 2 heterocycles. The van der Waals surface area contributed by atoms with Gasteiger partial charge in [0.15, 0.2) is 0 Å². The Hall–Kier alpha value is -2.50. The molecule has 2 fully saturated rings. The van der Waals surface area contributed by atoms with E-state index in [1.807, 2.05) is 0 Å². The summed E-state index contributed by atoms with van der Waals surface area (Å²) in [6.07, 6.45) is 0. The Kier molecular flexibility index (Phi) is 7.86. The van der Waals surface area contributed by atoms with Crippen LogP contribution in [-0.4, -0.2) is 57.3 Å². The monoisotopic (exact) mass is 414 g/mol. The van der Waals surface area contributed by atoms with Crippen molar-refractivity contribution in [2.24, 2.45) is 0 Å². The standard InChI is InChI=1S/C23H24N2.C4H10N2/c1-4-10-20(11-5-1)23(21-12-6-2-7-13-21,22-14-8-3-9-15-22)25-18-16-24-17-19-25;1-2-6-4-3-5-1/h1-15,24H,16-19H2;5-6H,1-4H2. The summed E-state index contributed by atoms with van der Waals surface area (Å²) in [5, 5.41) is 9.94. The highest BCUT2D eigenvalue weighted by atomic mass is 15.2. The van der Waals surface area contributed by atoms with Crippen LogP contribution in [0.3, 0.4) is 0 Å². The van der Waals surface area contributed by atoms with Crippen molar-refractivity contribution in [3.63, 3.8) is 0 Å². The number of hydrogen-bond donors (Lipinski definition) is 3. The van der Waals surface area contributed by atoms with E-state index < -0.39 is 0 Å². The number of rotatable bonds is 4. The Balaban J connectivity index is 0.000000334. The van der Waals surface area contributed by atoms with E-state index in [1.54, 1.807) is 0 Å². The lowest BCUT2D eigenvalue weighted by Crippen LogP contribution is -2.55. The molecule has 0 aliphatic carbocycles. The molecule has 31 heavy (non-hydrogen) atoms. The number of hydrogen-bond acceptors (Lipinski definition) is 4. The second-order valence-corrected chi connectivity index (χ2v) is 8.05. The van der Waals surface area contributed by atoms with Crippen molar-refractivity contribution in [1.82, 2.24) is 20.9 Å². The lowest BCUT2D eigenvalue weighted by molar-refractivity contribution is 0.137. The van der Waals surface area contributed by atoms with E-state index >= 15 is 0 Å². The quantitative estimate of drug-likeness (QED) is 0.574. The van der Waals surface area contributed by atoms with E-state index in [9.17, 15) is 0 Å². The van der Waals surface area contributed by atoms with Crippen LogP contribution in [0.15, 0.2) is 91.0 Å². The van der Waals surface area contributed by atoms with Gasteiger partial charge in [0.1, 0.15) is 0 Å². The van der Waals surface area contributed by atoms with Gasteiger partial charge in [-0.25, -0.2) is 0 Å². The number of nitrogens with zero attached hydrogens (tertiary/aromatic N) is 1. The molecule has 4 heteroatoms. The van der Waals surface area contributed by atoms with Crippen LogP contribution in [0.25, 0.3) is 0 Å². The van der Waals surface area contributed by atoms with E-state index in [4.69, 9.17) is 0 Å². The minimum Gasteiger partial charge on any atom is -0.314 e. The summed E-state index contributed by atoms with van der Waals surface area (Å²) in [6.45, 7) is 8.65. The highest BCUT2D eigenvalue weighted by molar-refractivity contribution is 5.49. The molecule has 0 atom stereocenters. The van der Waals surface area contributed by atoms with Crippen LogP contribution in [0.2, 0.25) is 0 Å². The topological polar surface area (TPSA) is 39.3 Å². The second kappa shape index (κ2) is 11.2. The first-order chi connectivity index (χ1) is 15.4.